The Labute approximate surface area is 137 Å². The van der Waals surface area contributed by atoms with Crippen LogP contribution in [0, 0.1) is 6.92 Å². The fourth-order valence-electron chi connectivity index (χ4n) is 2.23. The van der Waals surface area contributed by atoms with Crippen LogP contribution in [0.4, 0.5) is 0 Å². The van der Waals surface area contributed by atoms with E-state index in [2.05, 4.69) is 21.0 Å². The summed E-state index contributed by atoms with van der Waals surface area (Å²) in [6.45, 7) is 4.00. The maximum Gasteiger partial charge on any atom is 0.220 e. The average molecular weight is 340 g/mol. The highest BCUT2D eigenvalue weighted by atomic mass is 35.5. The molecule has 116 valence electrons. The number of carbonyl (C=O) groups excluding carboxylic acids is 1. The van der Waals surface area contributed by atoms with E-state index in [-0.39, 0.29) is 30.7 Å². The molecule has 1 amide bonds. The Morgan fingerprint density at radius 3 is 2.95 bits per heavy atom. The van der Waals surface area contributed by atoms with Gasteiger partial charge in [0, 0.05) is 24.4 Å². The Morgan fingerprint density at radius 1 is 1.55 bits per heavy atom. The molecule has 0 saturated carbocycles. The van der Waals surface area contributed by atoms with Crippen molar-refractivity contribution in [2.24, 2.45) is 0 Å². The fraction of sp³-hybridized carbons (Fsp3) is 0.692. The van der Waals surface area contributed by atoms with Gasteiger partial charge >= 0.3 is 0 Å². The van der Waals surface area contributed by atoms with Gasteiger partial charge in [-0.3, -0.25) is 4.79 Å². The zero-order valence-corrected chi connectivity index (χ0v) is 14.1. The number of nitrogens with zero attached hydrogens (tertiary/aromatic N) is 1. The van der Waals surface area contributed by atoms with Gasteiger partial charge in [0.1, 0.15) is 0 Å². The Bertz CT molecular complexity index is 395. The lowest BCUT2D eigenvalue weighted by molar-refractivity contribution is -0.122. The molecule has 1 aliphatic heterocycles. The van der Waals surface area contributed by atoms with E-state index in [1.807, 2.05) is 6.92 Å². The van der Waals surface area contributed by atoms with E-state index < -0.39 is 0 Å². The van der Waals surface area contributed by atoms with Crippen LogP contribution in [-0.4, -0.2) is 30.0 Å². The maximum atomic E-state index is 11.7. The van der Waals surface area contributed by atoms with Gasteiger partial charge in [0.2, 0.25) is 5.91 Å². The van der Waals surface area contributed by atoms with Crippen molar-refractivity contribution < 1.29 is 4.79 Å². The van der Waals surface area contributed by atoms with Gasteiger partial charge in [0.25, 0.3) is 0 Å². The Kier molecular flexibility index (Phi) is 10.2. The molecule has 2 heterocycles. The van der Waals surface area contributed by atoms with Crippen LogP contribution in [0.3, 0.4) is 0 Å². The van der Waals surface area contributed by atoms with Crippen molar-refractivity contribution in [2.75, 3.05) is 13.1 Å². The zero-order valence-electron chi connectivity index (χ0n) is 11.7. The molecular formula is C13H23Cl2N3OS. The second kappa shape index (κ2) is 10.4. The van der Waals surface area contributed by atoms with Gasteiger partial charge in [0.15, 0.2) is 0 Å². The highest BCUT2D eigenvalue weighted by Crippen LogP contribution is 2.10. The number of aromatic nitrogens is 1. The SMILES string of the molecule is Cc1nc(CCCC(=O)NC2CCCNC2)cs1.Cl.Cl. The van der Waals surface area contributed by atoms with Crippen molar-refractivity contribution in [3.63, 3.8) is 0 Å². The van der Waals surface area contributed by atoms with E-state index in [4.69, 9.17) is 0 Å². The molecule has 0 aliphatic carbocycles. The lowest BCUT2D eigenvalue weighted by atomic mass is 10.1. The minimum absolute atomic E-state index is 0. The van der Waals surface area contributed by atoms with Crippen molar-refractivity contribution in [3.05, 3.63) is 16.1 Å². The van der Waals surface area contributed by atoms with Crippen molar-refractivity contribution in [3.8, 4) is 0 Å². The monoisotopic (exact) mass is 339 g/mol. The molecule has 4 nitrogen and oxygen atoms in total. The number of nitrogens with one attached hydrogen (secondary N) is 2. The third-order valence-corrected chi connectivity index (χ3v) is 3.99. The number of hydrogen-bond donors (Lipinski definition) is 2. The van der Waals surface area contributed by atoms with Crippen LogP contribution in [0.25, 0.3) is 0 Å². The molecule has 2 N–H and O–H groups in total. The van der Waals surface area contributed by atoms with Crippen LogP contribution < -0.4 is 10.6 Å². The summed E-state index contributed by atoms with van der Waals surface area (Å²) in [5.41, 5.74) is 1.12. The molecule has 0 aromatic carbocycles. The molecule has 1 aromatic rings. The number of rotatable bonds is 5. The maximum absolute atomic E-state index is 11.7. The summed E-state index contributed by atoms with van der Waals surface area (Å²) >= 11 is 1.67. The zero-order chi connectivity index (χ0) is 12.8. The normalized spacial score (nSPS) is 17.8. The third-order valence-electron chi connectivity index (χ3n) is 3.17. The van der Waals surface area contributed by atoms with E-state index in [1.165, 1.54) is 0 Å². The van der Waals surface area contributed by atoms with Crippen molar-refractivity contribution in [1.82, 2.24) is 15.6 Å². The minimum atomic E-state index is 0. The molecule has 1 unspecified atom stereocenters. The molecule has 0 spiro atoms. The molecule has 1 aliphatic rings. The highest BCUT2D eigenvalue weighted by Gasteiger charge is 2.14. The predicted molar refractivity (Wildman–Crippen MR) is 88.3 cm³/mol. The summed E-state index contributed by atoms with van der Waals surface area (Å²) in [5.74, 6) is 0.177. The molecule has 1 atom stereocenters. The Balaban J connectivity index is 0.00000180. The number of thiazole rings is 1. The van der Waals surface area contributed by atoms with Gasteiger partial charge in [0.05, 0.1) is 10.7 Å². The number of aryl methyl sites for hydroxylation is 2. The Hall–Kier alpha value is -0.360. The topological polar surface area (TPSA) is 54.0 Å². The second-order valence-electron chi connectivity index (χ2n) is 4.82. The first kappa shape index (κ1) is 19.6. The summed E-state index contributed by atoms with van der Waals surface area (Å²) in [5, 5.41) is 9.57. The van der Waals surface area contributed by atoms with Crippen molar-refractivity contribution in [1.29, 1.82) is 0 Å². The van der Waals surface area contributed by atoms with E-state index in [9.17, 15) is 4.79 Å². The van der Waals surface area contributed by atoms with Crippen LogP contribution in [0.1, 0.15) is 36.4 Å². The summed E-state index contributed by atoms with van der Waals surface area (Å²) in [7, 11) is 0. The van der Waals surface area contributed by atoms with E-state index in [1.54, 1.807) is 11.3 Å². The number of hydrogen-bond acceptors (Lipinski definition) is 4. The molecule has 20 heavy (non-hydrogen) atoms. The molecule has 0 radical (unpaired) electrons. The van der Waals surface area contributed by atoms with Crippen molar-refractivity contribution in [2.45, 2.75) is 45.1 Å². The average Bonchev–Trinajstić information content (AvgIpc) is 2.76. The summed E-state index contributed by atoms with van der Waals surface area (Å²) in [6, 6.07) is 0.327. The summed E-state index contributed by atoms with van der Waals surface area (Å²) in [6.07, 6.45) is 4.65. The lowest BCUT2D eigenvalue weighted by Gasteiger charge is -2.23. The predicted octanol–water partition coefficient (Wildman–Crippen LogP) is 2.49. The van der Waals surface area contributed by atoms with Crippen LogP contribution in [-0.2, 0) is 11.2 Å². The van der Waals surface area contributed by atoms with E-state index in [0.29, 0.717) is 12.5 Å². The number of carbonyl (C=O) groups is 1. The first-order valence-electron chi connectivity index (χ1n) is 6.65. The van der Waals surface area contributed by atoms with Gasteiger partial charge in [-0.25, -0.2) is 4.98 Å². The van der Waals surface area contributed by atoms with E-state index in [0.717, 1.165) is 49.5 Å². The molecular weight excluding hydrogens is 317 g/mol. The molecule has 0 bridgehead atoms. The third kappa shape index (κ3) is 6.88. The van der Waals surface area contributed by atoms with Gasteiger partial charge in [-0.2, -0.15) is 0 Å². The van der Waals surface area contributed by atoms with E-state index >= 15 is 0 Å². The molecule has 1 aromatic heterocycles. The first-order chi connectivity index (χ1) is 8.74. The number of piperidine rings is 1. The first-order valence-corrected chi connectivity index (χ1v) is 7.53. The van der Waals surface area contributed by atoms with Crippen molar-refractivity contribution >= 4 is 42.1 Å². The molecule has 1 fully saturated rings. The van der Waals surface area contributed by atoms with Crippen LogP contribution in [0.5, 0.6) is 0 Å². The van der Waals surface area contributed by atoms with Gasteiger partial charge in [-0.1, -0.05) is 0 Å². The smallest absolute Gasteiger partial charge is 0.220 e. The lowest BCUT2D eigenvalue weighted by Crippen LogP contribution is -2.45. The fourth-order valence-corrected chi connectivity index (χ4v) is 2.88. The van der Waals surface area contributed by atoms with Gasteiger partial charge < -0.3 is 10.6 Å². The molecule has 2 rings (SSSR count). The second-order valence-corrected chi connectivity index (χ2v) is 5.88. The Morgan fingerprint density at radius 2 is 2.35 bits per heavy atom. The number of halogens is 2. The van der Waals surface area contributed by atoms with Gasteiger partial charge in [-0.05, 0) is 39.2 Å². The van der Waals surface area contributed by atoms with Crippen LogP contribution >= 0.6 is 36.2 Å². The summed E-state index contributed by atoms with van der Waals surface area (Å²) < 4.78 is 0. The number of amides is 1. The summed E-state index contributed by atoms with van der Waals surface area (Å²) in [4.78, 5) is 16.2. The minimum Gasteiger partial charge on any atom is -0.352 e. The largest absolute Gasteiger partial charge is 0.352 e. The standard InChI is InChI=1S/C13H21N3OS.2ClH/c1-10-15-12(9-18-10)4-2-6-13(17)16-11-5-3-7-14-8-11;;/h9,11,14H,2-8H2,1H3,(H,16,17);2*1H. The highest BCUT2D eigenvalue weighted by molar-refractivity contribution is 7.09. The molecule has 1 saturated heterocycles. The quantitative estimate of drug-likeness (QED) is 0.866. The van der Waals surface area contributed by atoms with Gasteiger partial charge in [-0.15, -0.1) is 36.2 Å². The molecule has 7 heteroatoms. The van der Waals surface area contributed by atoms with Crippen LogP contribution in [0.2, 0.25) is 0 Å². The van der Waals surface area contributed by atoms with Crippen LogP contribution in [0.15, 0.2) is 5.38 Å².